The van der Waals surface area contributed by atoms with Crippen LogP contribution in [0.25, 0.3) is 0 Å². The van der Waals surface area contributed by atoms with Crippen LogP contribution in [0, 0.1) is 13.8 Å². The Bertz CT molecular complexity index is 733. The highest BCUT2D eigenvalue weighted by molar-refractivity contribution is 5.96. The van der Waals surface area contributed by atoms with Crippen LogP contribution in [0.5, 0.6) is 5.75 Å². The second-order valence-electron chi connectivity index (χ2n) is 6.42. The molecule has 1 N–H and O–H groups in total. The van der Waals surface area contributed by atoms with Crippen molar-refractivity contribution in [1.29, 1.82) is 0 Å². The lowest BCUT2D eigenvalue weighted by Crippen LogP contribution is -2.47. The molecule has 1 aromatic heterocycles. The van der Waals surface area contributed by atoms with Gasteiger partial charge in [-0.05, 0) is 50.5 Å². The van der Waals surface area contributed by atoms with Crippen LogP contribution in [-0.4, -0.2) is 23.2 Å². The van der Waals surface area contributed by atoms with Gasteiger partial charge in [0.2, 0.25) is 0 Å². The third-order valence-corrected chi connectivity index (χ3v) is 4.68. The molecule has 0 spiro atoms. The van der Waals surface area contributed by atoms with Gasteiger partial charge in [0.15, 0.2) is 5.82 Å². The maximum Gasteiger partial charge on any atom is 0.252 e. The van der Waals surface area contributed by atoms with Crippen molar-refractivity contribution in [3.63, 3.8) is 0 Å². The van der Waals surface area contributed by atoms with Gasteiger partial charge in [-0.1, -0.05) is 24.4 Å². The average molecular weight is 329 g/mol. The minimum atomic E-state index is -0.567. The van der Waals surface area contributed by atoms with Crippen molar-refractivity contribution in [3.05, 3.63) is 41.0 Å². The molecule has 6 heteroatoms. The van der Waals surface area contributed by atoms with Crippen LogP contribution in [0.3, 0.4) is 0 Å². The molecule has 1 aliphatic carbocycles. The number of carbonyl (C=O) groups excluding carboxylic acids is 1. The molecule has 128 valence electrons. The number of benzene rings is 1. The van der Waals surface area contributed by atoms with Gasteiger partial charge in [-0.25, -0.2) is 0 Å². The molecular formula is C18H23N3O3. The van der Waals surface area contributed by atoms with E-state index in [1.54, 1.807) is 26.2 Å². The quantitative estimate of drug-likeness (QED) is 0.931. The Kier molecular flexibility index (Phi) is 4.55. The second kappa shape index (κ2) is 6.63. The van der Waals surface area contributed by atoms with Crippen LogP contribution < -0.4 is 10.1 Å². The summed E-state index contributed by atoms with van der Waals surface area (Å²) in [6.07, 6.45) is 4.85. The number of methoxy groups -OCH3 is 1. The van der Waals surface area contributed by atoms with Crippen molar-refractivity contribution < 1.29 is 14.1 Å². The Morgan fingerprint density at radius 2 is 2.00 bits per heavy atom. The molecule has 1 amide bonds. The van der Waals surface area contributed by atoms with Crippen LogP contribution in [0.2, 0.25) is 0 Å². The van der Waals surface area contributed by atoms with Gasteiger partial charge in [0.1, 0.15) is 11.3 Å². The number of carbonyl (C=O) groups is 1. The molecule has 0 saturated heterocycles. The van der Waals surface area contributed by atoms with Crippen LogP contribution >= 0.6 is 0 Å². The minimum Gasteiger partial charge on any atom is -0.497 e. The van der Waals surface area contributed by atoms with E-state index in [2.05, 4.69) is 15.5 Å². The summed E-state index contributed by atoms with van der Waals surface area (Å²) in [5.74, 6) is 1.72. The largest absolute Gasteiger partial charge is 0.497 e. The summed E-state index contributed by atoms with van der Waals surface area (Å²) in [6.45, 7) is 3.70. The van der Waals surface area contributed by atoms with E-state index < -0.39 is 5.54 Å². The second-order valence-corrected chi connectivity index (χ2v) is 6.42. The molecule has 3 rings (SSSR count). The number of hydrogen-bond donors (Lipinski definition) is 1. The number of amides is 1. The van der Waals surface area contributed by atoms with Gasteiger partial charge in [0, 0.05) is 5.56 Å². The lowest BCUT2D eigenvalue weighted by atomic mass is 9.81. The highest BCUT2D eigenvalue weighted by Crippen LogP contribution is 2.36. The number of nitrogens with one attached hydrogen (secondary N) is 1. The van der Waals surface area contributed by atoms with Crippen molar-refractivity contribution in [3.8, 4) is 5.75 Å². The Labute approximate surface area is 141 Å². The van der Waals surface area contributed by atoms with E-state index in [1.807, 2.05) is 13.0 Å². The van der Waals surface area contributed by atoms with Gasteiger partial charge in [0.25, 0.3) is 11.8 Å². The number of aryl methyl sites for hydroxylation is 2. The Morgan fingerprint density at radius 1 is 1.25 bits per heavy atom. The SMILES string of the molecule is COc1ccc(C(=O)NC2(c3nc(C)no3)CCCCC2)c(C)c1. The van der Waals surface area contributed by atoms with Crippen molar-refractivity contribution in [2.75, 3.05) is 7.11 Å². The monoisotopic (exact) mass is 329 g/mol. The summed E-state index contributed by atoms with van der Waals surface area (Å²) < 4.78 is 10.6. The normalized spacial score (nSPS) is 16.6. The van der Waals surface area contributed by atoms with Gasteiger partial charge >= 0.3 is 0 Å². The molecule has 2 aromatic rings. The fourth-order valence-corrected chi connectivity index (χ4v) is 3.34. The number of aromatic nitrogens is 2. The summed E-state index contributed by atoms with van der Waals surface area (Å²) in [7, 11) is 1.61. The first-order chi connectivity index (χ1) is 11.5. The Hall–Kier alpha value is -2.37. The van der Waals surface area contributed by atoms with E-state index in [4.69, 9.17) is 9.26 Å². The van der Waals surface area contributed by atoms with E-state index in [0.29, 0.717) is 17.3 Å². The van der Waals surface area contributed by atoms with E-state index in [-0.39, 0.29) is 5.91 Å². The fraction of sp³-hybridized carbons (Fsp3) is 0.500. The number of ether oxygens (including phenoxy) is 1. The average Bonchev–Trinajstić information content (AvgIpc) is 3.02. The maximum absolute atomic E-state index is 12.9. The molecule has 1 saturated carbocycles. The molecule has 0 radical (unpaired) electrons. The highest BCUT2D eigenvalue weighted by atomic mass is 16.5. The van der Waals surface area contributed by atoms with Crippen molar-refractivity contribution in [2.45, 2.75) is 51.5 Å². The zero-order valence-electron chi connectivity index (χ0n) is 14.4. The van der Waals surface area contributed by atoms with Crippen LogP contribution in [0.15, 0.2) is 22.7 Å². The van der Waals surface area contributed by atoms with Crippen LogP contribution in [-0.2, 0) is 5.54 Å². The molecular weight excluding hydrogens is 306 g/mol. The van der Waals surface area contributed by atoms with Crippen molar-refractivity contribution in [2.24, 2.45) is 0 Å². The number of nitrogens with zero attached hydrogens (tertiary/aromatic N) is 2. The van der Waals surface area contributed by atoms with Gasteiger partial charge in [-0.15, -0.1) is 0 Å². The van der Waals surface area contributed by atoms with E-state index in [0.717, 1.165) is 43.4 Å². The summed E-state index contributed by atoms with van der Waals surface area (Å²) >= 11 is 0. The third-order valence-electron chi connectivity index (χ3n) is 4.68. The third kappa shape index (κ3) is 3.13. The molecule has 0 unspecified atom stereocenters. The summed E-state index contributed by atoms with van der Waals surface area (Å²) in [6, 6.07) is 5.45. The van der Waals surface area contributed by atoms with Gasteiger partial charge in [-0.3, -0.25) is 4.79 Å². The molecule has 24 heavy (non-hydrogen) atoms. The number of hydrogen-bond acceptors (Lipinski definition) is 5. The topological polar surface area (TPSA) is 77.2 Å². The molecule has 1 fully saturated rings. The van der Waals surface area contributed by atoms with E-state index >= 15 is 0 Å². The van der Waals surface area contributed by atoms with E-state index in [9.17, 15) is 4.79 Å². The molecule has 6 nitrogen and oxygen atoms in total. The molecule has 0 bridgehead atoms. The molecule has 0 atom stereocenters. The molecule has 0 aliphatic heterocycles. The standard InChI is InChI=1S/C18H23N3O3/c1-12-11-14(23-3)7-8-15(12)16(22)20-18(9-5-4-6-10-18)17-19-13(2)21-24-17/h7-8,11H,4-6,9-10H2,1-3H3,(H,20,22). The zero-order chi connectivity index (χ0) is 17.2. The first kappa shape index (κ1) is 16.5. The van der Waals surface area contributed by atoms with Gasteiger partial charge in [-0.2, -0.15) is 4.98 Å². The fourth-order valence-electron chi connectivity index (χ4n) is 3.34. The van der Waals surface area contributed by atoms with Gasteiger partial charge in [0.05, 0.1) is 7.11 Å². The molecule has 1 aromatic carbocycles. The lowest BCUT2D eigenvalue weighted by molar-refractivity contribution is 0.0824. The summed E-state index contributed by atoms with van der Waals surface area (Å²) in [4.78, 5) is 17.3. The Morgan fingerprint density at radius 3 is 2.58 bits per heavy atom. The molecule has 1 heterocycles. The minimum absolute atomic E-state index is 0.118. The van der Waals surface area contributed by atoms with Crippen molar-refractivity contribution in [1.82, 2.24) is 15.5 Å². The first-order valence-corrected chi connectivity index (χ1v) is 8.32. The summed E-state index contributed by atoms with van der Waals surface area (Å²) in [5, 5.41) is 7.08. The smallest absolute Gasteiger partial charge is 0.252 e. The molecule has 1 aliphatic rings. The van der Waals surface area contributed by atoms with Gasteiger partial charge < -0.3 is 14.6 Å². The number of rotatable bonds is 4. The van der Waals surface area contributed by atoms with Crippen LogP contribution in [0.4, 0.5) is 0 Å². The van der Waals surface area contributed by atoms with E-state index in [1.165, 1.54) is 0 Å². The Balaban J connectivity index is 1.89. The maximum atomic E-state index is 12.9. The predicted octanol–water partition coefficient (Wildman–Crippen LogP) is 3.28. The predicted molar refractivity (Wildman–Crippen MR) is 89.0 cm³/mol. The first-order valence-electron chi connectivity index (χ1n) is 8.32. The lowest BCUT2D eigenvalue weighted by Gasteiger charge is -2.34. The summed E-state index contributed by atoms with van der Waals surface area (Å²) in [5.41, 5.74) is 0.944. The zero-order valence-corrected chi connectivity index (χ0v) is 14.4. The van der Waals surface area contributed by atoms with Crippen molar-refractivity contribution >= 4 is 5.91 Å². The highest BCUT2D eigenvalue weighted by Gasteiger charge is 2.40. The van der Waals surface area contributed by atoms with Crippen LogP contribution in [0.1, 0.15) is 59.7 Å².